The summed E-state index contributed by atoms with van der Waals surface area (Å²) in [6.45, 7) is 0. The quantitative estimate of drug-likeness (QED) is 0.153. The topological polar surface area (TPSA) is 21.3 Å². The van der Waals surface area contributed by atoms with Crippen molar-refractivity contribution in [2.45, 2.75) is 0 Å². The molecule has 12 rings (SSSR count). The third-order valence-electron chi connectivity index (χ3n) is 12.4. The molecule has 0 N–H and O–H groups in total. The summed E-state index contributed by atoms with van der Waals surface area (Å²) in [5, 5.41) is 4.66. The van der Waals surface area contributed by atoms with Crippen molar-refractivity contribution < 1.29 is 4.42 Å². The molecule has 0 saturated carbocycles. The number of hydrogen-bond acceptors (Lipinski definition) is 2. The van der Waals surface area contributed by atoms with Crippen molar-refractivity contribution in [3.63, 3.8) is 0 Å². The highest BCUT2D eigenvalue weighted by Gasteiger charge is 2.24. The van der Waals surface area contributed by atoms with E-state index in [4.69, 9.17) is 4.42 Å². The van der Waals surface area contributed by atoms with Crippen LogP contribution < -0.4 is 4.90 Å². The van der Waals surface area contributed by atoms with Crippen LogP contribution in [0.1, 0.15) is 0 Å². The summed E-state index contributed by atoms with van der Waals surface area (Å²) in [5.74, 6) is 0. The standard InChI is InChI=1S/C60H40N2O/c1-4-19-41(20-5-1)47-27-10-11-29-52(47)59-48(42-21-6-2-7-22-42)31-17-34-55(59)61(46-37-38-51-50-28-13-15-36-57(50)63-58(51)40-46)45-26-16-23-43(39-45)49-32-18-35-56-60(49)53-30-12-14-33-54(53)62(56)44-24-8-3-9-25-44/h1-40H. The number of furan rings is 1. The number of hydrogen-bond donors (Lipinski definition) is 0. The Morgan fingerprint density at radius 2 is 0.889 bits per heavy atom. The monoisotopic (exact) mass is 804 g/mol. The van der Waals surface area contributed by atoms with E-state index in [9.17, 15) is 0 Å². The van der Waals surface area contributed by atoms with Gasteiger partial charge in [-0.3, -0.25) is 0 Å². The van der Waals surface area contributed by atoms with Crippen molar-refractivity contribution in [1.82, 2.24) is 4.57 Å². The zero-order valence-corrected chi connectivity index (χ0v) is 34.4. The average Bonchev–Trinajstić information content (AvgIpc) is 3.91. The Morgan fingerprint density at radius 3 is 1.70 bits per heavy atom. The molecule has 10 aromatic carbocycles. The molecule has 2 aromatic heterocycles. The van der Waals surface area contributed by atoms with Crippen molar-refractivity contribution in [3.8, 4) is 50.2 Å². The van der Waals surface area contributed by atoms with Gasteiger partial charge >= 0.3 is 0 Å². The van der Waals surface area contributed by atoms with Crippen molar-refractivity contribution in [2.75, 3.05) is 4.90 Å². The van der Waals surface area contributed by atoms with Gasteiger partial charge in [0.2, 0.25) is 0 Å². The van der Waals surface area contributed by atoms with Crippen molar-refractivity contribution in [3.05, 3.63) is 243 Å². The number of fused-ring (bicyclic) bond motifs is 6. The minimum Gasteiger partial charge on any atom is -0.456 e. The first-order valence-corrected chi connectivity index (χ1v) is 21.5. The Hall–Kier alpha value is -8.40. The molecule has 0 unspecified atom stereocenters. The van der Waals surface area contributed by atoms with Gasteiger partial charge in [0.05, 0.1) is 16.7 Å². The van der Waals surface area contributed by atoms with Crippen LogP contribution in [0.15, 0.2) is 247 Å². The smallest absolute Gasteiger partial charge is 0.137 e. The lowest BCUT2D eigenvalue weighted by Gasteiger charge is -2.30. The second-order valence-electron chi connectivity index (χ2n) is 16.0. The number of rotatable bonds is 8. The van der Waals surface area contributed by atoms with E-state index in [1.807, 2.05) is 12.1 Å². The first kappa shape index (κ1) is 36.5. The molecule has 0 aliphatic carbocycles. The van der Waals surface area contributed by atoms with Crippen LogP contribution in [0.25, 0.3) is 93.9 Å². The van der Waals surface area contributed by atoms with Crippen molar-refractivity contribution in [2.24, 2.45) is 0 Å². The first-order chi connectivity index (χ1) is 31.3. The number of anilines is 3. The van der Waals surface area contributed by atoms with Crippen LogP contribution in [-0.2, 0) is 0 Å². The van der Waals surface area contributed by atoms with Gasteiger partial charge in [-0.2, -0.15) is 0 Å². The summed E-state index contributed by atoms with van der Waals surface area (Å²) in [6, 6.07) is 87.2. The van der Waals surface area contributed by atoms with Crippen LogP contribution in [0.5, 0.6) is 0 Å². The summed E-state index contributed by atoms with van der Waals surface area (Å²) < 4.78 is 8.98. The lowest BCUT2D eigenvalue weighted by molar-refractivity contribution is 0.669. The molecule has 0 atom stereocenters. The van der Waals surface area contributed by atoms with E-state index in [0.29, 0.717) is 0 Å². The SMILES string of the molecule is c1ccc(-c2ccccc2-c2c(-c3ccccc3)cccc2N(c2cccc(-c3cccc4c3c3ccccc3n4-c3ccccc3)c2)c2ccc3c(c2)oc2ccccc23)cc1. The third kappa shape index (κ3) is 6.21. The fourth-order valence-electron chi connectivity index (χ4n) is 9.65. The molecule has 0 radical (unpaired) electrons. The largest absolute Gasteiger partial charge is 0.456 e. The van der Waals surface area contributed by atoms with Gasteiger partial charge in [-0.1, -0.05) is 176 Å². The van der Waals surface area contributed by atoms with Gasteiger partial charge in [0.1, 0.15) is 11.2 Å². The number of para-hydroxylation sites is 3. The number of aromatic nitrogens is 1. The normalized spacial score (nSPS) is 11.5. The predicted octanol–water partition coefficient (Wildman–Crippen LogP) is 16.8. The second kappa shape index (κ2) is 15.3. The average molecular weight is 805 g/mol. The van der Waals surface area contributed by atoms with Crippen LogP contribution in [-0.4, -0.2) is 4.57 Å². The third-order valence-corrected chi connectivity index (χ3v) is 12.4. The molecule has 296 valence electrons. The summed E-state index contributed by atoms with van der Waals surface area (Å²) in [6.07, 6.45) is 0. The molecule has 0 spiro atoms. The van der Waals surface area contributed by atoms with Crippen LogP contribution in [0.4, 0.5) is 17.1 Å². The van der Waals surface area contributed by atoms with Gasteiger partial charge in [0, 0.05) is 50.2 Å². The first-order valence-electron chi connectivity index (χ1n) is 21.5. The molecule has 2 heterocycles. The Kier molecular flexibility index (Phi) is 8.83. The van der Waals surface area contributed by atoms with E-state index in [0.717, 1.165) is 72.5 Å². The summed E-state index contributed by atoms with van der Waals surface area (Å²) in [7, 11) is 0. The van der Waals surface area contributed by atoms with E-state index < -0.39 is 0 Å². The Bertz CT molecular complexity index is 3620. The van der Waals surface area contributed by atoms with E-state index >= 15 is 0 Å². The summed E-state index contributed by atoms with van der Waals surface area (Å²) in [5.41, 5.74) is 17.6. The molecule has 0 aliphatic rings. The molecular formula is C60H40N2O. The van der Waals surface area contributed by atoms with Gasteiger partial charge in [0.25, 0.3) is 0 Å². The highest BCUT2D eigenvalue weighted by Crippen LogP contribution is 2.49. The van der Waals surface area contributed by atoms with Crippen LogP contribution in [0.2, 0.25) is 0 Å². The predicted molar refractivity (Wildman–Crippen MR) is 264 cm³/mol. The molecule has 63 heavy (non-hydrogen) atoms. The van der Waals surface area contributed by atoms with E-state index in [1.165, 1.54) is 38.5 Å². The Balaban J connectivity index is 1.13. The maximum absolute atomic E-state index is 6.59. The molecule has 0 saturated heterocycles. The fraction of sp³-hybridized carbons (Fsp3) is 0. The van der Waals surface area contributed by atoms with Gasteiger partial charge in [-0.05, 0) is 99.6 Å². The van der Waals surface area contributed by atoms with E-state index in [1.54, 1.807) is 0 Å². The Morgan fingerprint density at radius 1 is 0.333 bits per heavy atom. The molecule has 12 aromatic rings. The van der Waals surface area contributed by atoms with E-state index in [2.05, 4.69) is 240 Å². The van der Waals surface area contributed by atoms with Gasteiger partial charge < -0.3 is 13.9 Å². The molecule has 0 fully saturated rings. The molecule has 0 aliphatic heterocycles. The fourth-order valence-corrected chi connectivity index (χ4v) is 9.65. The minimum absolute atomic E-state index is 0.846. The van der Waals surface area contributed by atoms with Crippen LogP contribution >= 0.6 is 0 Å². The summed E-state index contributed by atoms with van der Waals surface area (Å²) in [4.78, 5) is 2.42. The second-order valence-corrected chi connectivity index (χ2v) is 16.0. The van der Waals surface area contributed by atoms with Gasteiger partial charge in [-0.25, -0.2) is 0 Å². The zero-order valence-electron chi connectivity index (χ0n) is 34.4. The van der Waals surface area contributed by atoms with Crippen LogP contribution in [0.3, 0.4) is 0 Å². The molecule has 3 heteroatoms. The summed E-state index contributed by atoms with van der Waals surface area (Å²) >= 11 is 0. The van der Waals surface area contributed by atoms with Gasteiger partial charge in [-0.15, -0.1) is 0 Å². The van der Waals surface area contributed by atoms with Crippen molar-refractivity contribution >= 4 is 60.8 Å². The molecule has 0 amide bonds. The molecule has 0 bridgehead atoms. The van der Waals surface area contributed by atoms with E-state index in [-0.39, 0.29) is 0 Å². The maximum Gasteiger partial charge on any atom is 0.137 e. The number of benzene rings is 10. The lowest BCUT2D eigenvalue weighted by Crippen LogP contribution is -2.12. The van der Waals surface area contributed by atoms with Gasteiger partial charge in [0.15, 0.2) is 0 Å². The number of nitrogens with zero attached hydrogens (tertiary/aromatic N) is 2. The molecule has 3 nitrogen and oxygen atoms in total. The highest BCUT2D eigenvalue weighted by atomic mass is 16.3. The molecular weight excluding hydrogens is 765 g/mol. The lowest BCUT2D eigenvalue weighted by atomic mass is 9.87. The van der Waals surface area contributed by atoms with Crippen molar-refractivity contribution in [1.29, 1.82) is 0 Å². The Labute approximate surface area is 366 Å². The minimum atomic E-state index is 0.846. The van der Waals surface area contributed by atoms with Crippen LogP contribution in [0, 0.1) is 0 Å². The zero-order chi connectivity index (χ0) is 41.7. The highest BCUT2D eigenvalue weighted by molar-refractivity contribution is 6.16. The maximum atomic E-state index is 6.59.